The van der Waals surface area contributed by atoms with Crippen LogP contribution in [0.15, 0.2) is 12.1 Å². The van der Waals surface area contributed by atoms with Crippen LogP contribution in [0.4, 0.5) is 4.79 Å². The Morgan fingerprint density at radius 3 is 2.75 bits per heavy atom. The van der Waals surface area contributed by atoms with E-state index in [9.17, 15) is 4.79 Å². The first-order chi connectivity index (χ1) is 9.28. The Balaban J connectivity index is 2.36. The quantitative estimate of drug-likeness (QED) is 0.860. The van der Waals surface area contributed by atoms with E-state index in [2.05, 4.69) is 15.5 Å². The molecular weight excluding hydrogens is 301 g/mol. The molecule has 0 aromatic carbocycles. The molecule has 1 heterocycles. The number of ether oxygens (including phenoxy) is 1. The van der Waals surface area contributed by atoms with E-state index in [4.69, 9.17) is 27.9 Å². The maximum Gasteiger partial charge on any atom is 0.407 e. The van der Waals surface area contributed by atoms with Crippen molar-refractivity contribution in [3.63, 3.8) is 0 Å². The number of alkyl carbamates (subject to hydrolysis) is 1. The molecule has 1 aromatic rings. The standard InChI is InChI=1S/C13H17Cl2N3O2/c1-13(2,3)20-12(19)16-7-5-4-6-9-8-10(14)17-18-11(9)15/h4,6,8H,5,7H2,1-3H3,(H,16,19). The van der Waals surface area contributed by atoms with Gasteiger partial charge in [-0.05, 0) is 33.3 Å². The fourth-order valence-corrected chi connectivity index (χ4v) is 1.58. The molecule has 0 saturated heterocycles. The number of halogens is 2. The molecule has 7 heteroatoms. The van der Waals surface area contributed by atoms with E-state index in [1.807, 2.05) is 26.8 Å². The molecule has 110 valence electrons. The van der Waals surface area contributed by atoms with Gasteiger partial charge in [0.15, 0.2) is 10.3 Å². The summed E-state index contributed by atoms with van der Waals surface area (Å²) in [5.74, 6) is 0. The van der Waals surface area contributed by atoms with Crippen LogP contribution >= 0.6 is 23.2 Å². The number of nitrogens with one attached hydrogen (secondary N) is 1. The van der Waals surface area contributed by atoms with Crippen molar-refractivity contribution in [2.45, 2.75) is 32.8 Å². The summed E-state index contributed by atoms with van der Waals surface area (Å²) >= 11 is 11.6. The molecule has 0 bridgehead atoms. The van der Waals surface area contributed by atoms with Gasteiger partial charge in [-0.15, -0.1) is 10.2 Å². The number of carbonyl (C=O) groups excluding carboxylic acids is 1. The van der Waals surface area contributed by atoms with Gasteiger partial charge < -0.3 is 10.1 Å². The van der Waals surface area contributed by atoms with Crippen molar-refractivity contribution in [3.05, 3.63) is 28.0 Å². The Kier molecular flexibility index (Phi) is 6.23. The first kappa shape index (κ1) is 16.7. The molecular formula is C13H17Cl2N3O2. The van der Waals surface area contributed by atoms with Crippen LogP contribution in [0.25, 0.3) is 6.08 Å². The molecule has 5 nitrogen and oxygen atoms in total. The van der Waals surface area contributed by atoms with Crippen LogP contribution < -0.4 is 5.32 Å². The minimum Gasteiger partial charge on any atom is -0.444 e. The highest BCUT2D eigenvalue weighted by atomic mass is 35.5. The summed E-state index contributed by atoms with van der Waals surface area (Å²) in [5.41, 5.74) is 0.191. The number of nitrogens with zero attached hydrogens (tertiary/aromatic N) is 2. The molecule has 0 aliphatic heterocycles. The van der Waals surface area contributed by atoms with E-state index in [0.717, 1.165) is 0 Å². The van der Waals surface area contributed by atoms with Crippen LogP contribution in [0.5, 0.6) is 0 Å². The summed E-state index contributed by atoms with van der Waals surface area (Å²) in [6, 6.07) is 1.62. The molecule has 0 fully saturated rings. The number of carbonyl (C=O) groups is 1. The van der Waals surface area contributed by atoms with Crippen molar-refractivity contribution in [2.75, 3.05) is 6.54 Å². The van der Waals surface area contributed by atoms with Crippen LogP contribution in [-0.2, 0) is 4.74 Å². The predicted molar refractivity (Wildman–Crippen MR) is 79.9 cm³/mol. The third-order valence-electron chi connectivity index (χ3n) is 2.02. The van der Waals surface area contributed by atoms with Crippen LogP contribution in [0.3, 0.4) is 0 Å². The van der Waals surface area contributed by atoms with E-state index >= 15 is 0 Å². The molecule has 1 rings (SSSR count). The van der Waals surface area contributed by atoms with Gasteiger partial charge in [0.25, 0.3) is 0 Å². The van der Waals surface area contributed by atoms with Crippen molar-refractivity contribution in [2.24, 2.45) is 0 Å². The maximum absolute atomic E-state index is 11.4. The maximum atomic E-state index is 11.4. The lowest BCUT2D eigenvalue weighted by molar-refractivity contribution is 0.0529. The molecule has 0 spiro atoms. The zero-order valence-corrected chi connectivity index (χ0v) is 13.1. The Bertz CT molecular complexity index is 499. The average molecular weight is 318 g/mol. The summed E-state index contributed by atoms with van der Waals surface area (Å²) in [7, 11) is 0. The number of rotatable bonds is 4. The van der Waals surface area contributed by atoms with Gasteiger partial charge in [0.05, 0.1) is 0 Å². The highest BCUT2D eigenvalue weighted by Gasteiger charge is 2.15. The lowest BCUT2D eigenvalue weighted by atomic mass is 10.2. The first-order valence-electron chi connectivity index (χ1n) is 6.10. The first-order valence-corrected chi connectivity index (χ1v) is 6.85. The molecule has 0 saturated carbocycles. The minimum absolute atomic E-state index is 0.279. The van der Waals surface area contributed by atoms with Gasteiger partial charge in [-0.3, -0.25) is 0 Å². The summed E-state index contributed by atoms with van der Waals surface area (Å²) in [5, 5.41) is 10.5. The molecule has 0 unspecified atom stereocenters. The number of hydrogen-bond donors (Lipinski definition) is 1. The third-order valence-corrected chi connectivity index (χ3v) is 2.50. The lowest BCUT2D eigenvalue weighted by Gasteiger charge is -2.19. The zero-order valence-electron chi connectivity index (χ0n) is 11.6. The smallest absolute Gasteiger partial charge is 0.407 e. The summed E-state index contributed by atoms with van der Waals surface area (Å²) in [4.78, 5) is 11.4. The van der Waals surface area contributed by atoms with Crippen molar-refractivity contribution in [3.8, 4) is 0 Å². The van der Waals surface area contributed by atoms with Gasteiger partial charge in [0.2, 0.25) is 0 Å². The zero-order chi connectivity index (χ0) is 15.2. The second-order valence-electron chi connectivity index (χ2n) is 5.03. The highest BCUT2D eigenvalue weighted by Crippen LogP contribution is 2.16. The average Bonchev–Trinajstić information content (AvgIpc) is 2.30. The molecule has 0 aliphatic carbocycles. The monoisotopic (exact) mass is 317 g/mol. The Morgan fingerprint density at radius 1 is 1.40 bits per heavy atom. The predicted octanol–water partition coefficient (Wildman–Crippen LogP) is 3.71. The van der Waals surface area contributed by atoms with Crippen LogP contribution in [-0.4, -0.2) is 28.4 Å². The van der Waals surface area contributed by atoms with Crippen LogP contribution in [0, 0.1) is 0 Å². The van der Waals surface area contributed by atoms with Crippen molar-refractivity contribution in [1.29, 1.82) is 0 Å². The summed E-state index contributed by atoms with van der Waals surface area (Å²) < 4.78 is 5.11. The lowest BCUT2D eigenvalue weighted by Crippen LogP contribution is -2.32. The SMILES string of the molecule is CC(C)(C)OC(=O)NCCC=Cc1cc(Cl)nnc1Cl. The van der Waals surface area contributed by atoms with Crippen molar-refractivity contribution >= 4 is 35.4 Å². The normalized spacial score (nSPS) is 11.7. The second-order valence-corrected chi connectivity index (χ2v) is 5.78. The van der Waals surface area contributed by atoms with Gasteiger partial charge in [-0.2, -0.15) is 0 Å². The van der Waals surface area contributed by atoms with Crippen LogP contribution in [0.2, 0.25) is 10.3 Å². The van der Waals surface area contributed by atoms with Gasteiger partial charge in [0.1, 0.15) is 5.60 Å². The highest BCUT2D eigenvalue weighted by molar-refractivity contribution is 6.32. The summed E-state index contributed by atoms with van der Waals surface area (Å²) in [6.45, 7) is 5.91. The third kappa shape index (κ3) is 6.73. The Morgan fingerprint density at radius 2 is 2.10 bits per heavy atom. The van der Waals surface area contributed by atoms with E-state index in [1.54, 1.807) is 12.1 Å². The molecule has 1 N–H and O–H groups in total. The largest absolute Gasteiger partial charge is 0.444 e. The van der Waals surface area contributed by atoms with E-state index in [1.165, 1.54) is 0 Å². The Hall–Kier alpha value is -1.33. The minimum atomic E-state index is -0.493. The van der Waals surface area contributed by atoms with Gasteiger partial charge in [0, 0.05) is 12.1 Å². The number of amides is 1. The Labute approximate surface area is 128 Å². The fraction of sp³-hybridized carbons (Fsp3) is 0.462. The van der Waals surface area contributed by atoms with Gasteiger partial charge in [-0.1, -0.05) is 35.4 Å². The topological polar surface area (TPSA) is 64.1 Å². The van der Waals surface area contributed by atoms with Gasteiger partial charge >= 0.3 is 6.09 Å². The van der Waals surface area contributed by atoms with Gasteiger partial charge in [-0.25, -0.2) is 4.79 Å². The molecule has 20 heavy (non-hydrogen) atoms. The van der Waals surface area contributed by atoms with E-state index in [-0.39, 0.29) is 10.3 Å². The summed E-state index contributed by atoms with van der Waals surface area (Å²) in [6.07, 6.45) is 3.84. The number of aromatic nitrogens is 2. The van der Waals surface area contributed by atoms with E-state index in [0.29, 0.717) is 18.5 Å². The van der Waals surface area contributed by atoms with Crippen LogP contribution in [0.1, 0.15) is 32.8 Å². The molecule has 1 amide bonds. The van der Waals surface area contributed by atoms with E-state index < -0.39 is 11.7 Å². The fourth-order valence-electron chi connectivity index (χ4n) is 1.27. The molecule has 0 atom stereocenters. The molecule has 0 radical (unpaired) electrons. The molecule has 0 aliphatic rings. The second kappa shape index (κ2) is 7.45. The number of hydrogen-bond acceptors (Lipinski definition) is 4. The van der Waals surface area contributed by atoms with Crippen molar-refractivity contribution < 1.29 is 9.53 Å². The molecule has 1 aromatic heterocycles. The van der Waals surface area contributed by atoms with Crippen molar-refractivity contribution in [1.82, 2.24) is 15.5 Å².